The quantitative estimate of drug-likeness (QED) is 0.710. The molecule has 152 valence electrons. The number of benzene rings is 2. The van der Waals surface area contributed by atoms with Crippen LogP contribution in [0.2, 0.25) is 0 Å². The molecule has 0 aliphatic carbocycles. The zero-order valence-corrected chi connectivity index (χ0v) is 16.5. The highest BCUT2D eigenvalue weighted by Gasteiger charge is 2.32. The number of hydrogen-bond donors (Lipinski definition) is 1. The van der Waals surface area contributed by atoms with Gasteiger partial charge in [0.1, 0.15) is 22.2 Å². The Morgan fingerprint density at radius 1 is 1.00 bits per heavy atom. The molecular formula is C20H19F2N3O3S. The zero-order chi connectivity index (χ0) is 20.8. The van der Waals surface area contributed by atoms with E-state index in [1.807, 2.05) is 25.1 Å². The standard InChI is InChI=1S/C20H19F2N3O3S/c1-13-2-5-17-14(10-13)11-18(23-17)20(26)24-6-8-25(9-7-24)29(27,28)19-12-15(21)3-4-16(19)22/h2-5,10-12,23H,6-9H2,1H3. The second kappa shape index (κ2) is 7.23. The van der Waals surface area contributed by atoms with Crippen molar-refractivity contribution in [1.82, 2.24) is 14.2 Å². The third-order valence-corrected chi connectivity index (χ3v) is 6.96. The average Bonchev–Trinajstić information content (AvgIpc) is 3.12. The van der Waals surface area contributed by atoms with E-state index in [1.165, 1.54) is 0 Å². The van der Waals surface area contributed by atoms with E-state index in [2.05, 4.69) is 4.98 Å². The number of fused-ring (bicyclic) bond motifs is 1. The molecule has 0 radical (unpaired) electrons. The average molecular weight is 419 g/mol. The molecule has 29 heavy (non-hydrogen) atoms. The summed E-state index contributed by atoms with van der Waals surface area (Å²) in [6.07, 6.45) is 0. The van der Waals surface area contributed by atoms with Gasteiger partial charge in [-0.3, -0.25) is 4.79 Å². The fraction of sp³-hybridized carbons (Fsp3) is 0.250. The van der Waals surface area contributed by atoms with E-state index in [4.69, 9.17) is 0 Å². The van der Waals surface area contributed by atoms with Gasteiger partial charge < -0.3 is 9.88 Å². The largest absolute Gasteiger partial charge is 0.351 e. The van der Waals surface area contributed by atoms with E-state index in [-0.39, 0.29) is 32.1 Å². The van der Waals surface area contributed by atoms with E-state index >= 15 is 0 Å². The summed E-state index contributed by atoms with van der Waals surface area (Å²) in [6, 6.07) is 9.93. The SMILES string of the molecule is Cc1ccc2[nH]c(C(=O)N3CCN(S(=O)(=O)c4cc(F)ccc4F)CC3)cc2c1. The maximum absolute atomic E-state index is 13.9. The van der Waals surface area contributed by atoms with Crippen LogP contribution in [0.15, 0.2) is 47.4 Å². The van der Waals surface area contributed by atoms with Crippen LogP contribution in [0.5, 0.6) is 0 Å². The molecule has 1 N–H and O–H groups in total. The minimum absolute atomic E-state index is 0.00334. The predicted molar refractivity (Wildman–Crippen MR) is 104 cm³/mol. The molecule has 1 fully saturated rings. The van der Waals surface area contributed by atoms with Crippen molar-refractivity contribution >= 4 is 26.8 Å². The van der Waals surface area contributed by atoms with E-state index in [1.54, 1.807) is 11.0 Å². The number of rotatable bonds is 3. The number of aromatic nitrogens is 1. The highest BCUT2D eigenvalue weighted by molar-refractivity contribution is 7.89. The van der Waals surface area contributed by atoms with Gasteiger partial charge in [0.05, 0.1) is 0 Å². The van der Waals surface area contributed by atoms with Gasteiger partial charge in [-0.25, -0.2) is 17.2 Å². The van der Waals surface area contributed by atoms with Crippen molar-refractivity contribution in [2.45, 2.75) is 11.8 Å². The van der Waals surface area contributed by atoms with Crippen LogP contribution in [0.4, 0.5) is 8.78 Å². The molecule has 1 saturated heterocycles. The summed E-state index contributed by atoms with van der Waals surface area (Å²) in [5, 5.41) is 0.927. The Hall–Kier alpha value is -2.78. The third kappa shape index (κ3) is 3.63. The van der Waals surface area contributed by atoms with E-state index in [0.717, 1.165) is 32.9 Å². The Bertz CT molecular complexity index is 1200. The van der Waals surface area contributed by atoms with Crippen molar-refractivity contribution in [1.29, 1.82) is 0 Å². The smallest absolute Gasteiger partial charge is 0.270 e. The van der Waals surface area contributed by atoms with Crippen LogP contribution in [-0.2, 0) is 10.0 Å². The van der Waals surface area contributed by atoms with Crippen molar-refractivity contribution in [2.75, 3.05) is 26.2 Å². The first-order chi connectivity index (χ1) is 13.8. The van der Waals surface area contributed by atoms with Gasteiger partial charge in [-0.05, 0) is 43.3 Å². The summed E-state index contributed by atoms with van der Waals surface area (Å²) in [5.74, 6) is -2.06. The Balaban J connectivity index is 1.49. The molecule has 2 aromatic carbocycles. The van der Waals surface area contributed by atoms with Gasteiger partial charge in [-0.15, -0.1) is 0 Å². The fourth-order valence-electron chi connectivity index (χ4n) is 3.48. The molecule has 1 amide bonds. The predicted octanol–water partition coefficient (Wildman–Crippen LogP) is 2.90. The van der Waals surface area contributed by atoms with Crippen LogP contribution in [0.1, 0.15) is 16.1 Å². The summed E-state index contributed by atoms with van der Waals surface area (Å²) in [5.41, 5.74) is 2.36. The maximum atomic E-state index is 13.9. The van der Waals surface area contributed by atoms with Crippen LogP contribution in [-0.4, -0.2) is 54.7 Å². The molecular weight excluding hydrogens is 400 g/mol. The monoisotopic (exact) mass is 419 g/mol. The fourth-order valence-corrected chi connectivity index (χ4v) is 4.98. The first-order valence-corrected chi connectivity index (χ1v) is 10.5. The summed E-state index contributed by atoms with van der Waals surface area (Å²) in [7, 11) is -4.18. The zero-order valence-electron chi connectivity index (χ0n) is 15.7. The molecule has 0 spiro atoms. The van der Waals surface area contributed by atoms with E-state index in [9.17, 15) is 22.0 Å². The van der Waals surface area contributed by atoms with Crippen molar-refractivity contribution in [3.05, 3.63) is 65.4 Å². The number of halogens is 2. The number of aryl methyl sites for hydroxylation is 1. The lowest BCUT2D eigenvalue weighted by Gasteiger charge is -2.33. The molecule has 6 nitrogen and oxygen atoms in total. The number of carbonyl (C=O) groups is 1. The Morgan fingerprint density at radius 2 is 1.72 bits per heavy atom. The van der Waals surface area contributed by atoms with Crippen molar-refractivity contribution < 1.29 is 22.0 Å². The molecule has 0 bridgehead atoms. The topological polar surface area (TPSA) is 73.5 Å². The summed E-state index contributed by atoms with van der Waals surface area (Å²) in [4.78, 5) is 16.7. The second-order valence-electron chi connectivity index (χ2n) is 7.04. The second-order valence-corrected chi connectivity index (χ2v) is 8.95. The van der Waals surface area contributed by atoms with Gasteiger partial charge in [-0.1, -0.05) is 11.6 Å². The van der Waals surface area contributed by atoms with Crippen LogP contribution < -0.4 is 0 Å². The lowest BCUT2D eigenvalue weighted by Crippen LogP contribution is -2.50. The van der Waals surface area contributed by atoms with Crippen LogP contribution in [0.3, 0.4) is 0 Å². The number of carbonyl (C=O) groups excluding carboxylic acids is 1. The number of H-pyrrole nitrogens is 1. The number of nitrogens with zero attached hydrogens (tertiary/aromatic N) is 2. The van der Waals surface area contributed by atoms with Crippen LogP contribution in [0.25, 0.3) is 10.9 Å². The van der Waals surface area contributed by atoms with Gasteiger partial charge >= 0.3 is 0 Å². The van der Waals surface area contributed by atoms with Crippen LogP contribution in [0, 0.1) is 18.6 Å². The number of piperazine rings is 1. The highest BCUT2D eigenvalue weighted by atomic mass is 32.2. The molecule has 1 aromatic heterocycles. The molecule has 1 aliphatic heterocycles. The first kappa shape index (κ1) is 19.5. The molecule has 0 saturated carbocycles. The van der Waals surface area contributed by atoms with Crippen molar-refractivity contribution in [3.8, 4) is 0 Å². The lowest BCUT2D eigenvalue weighted by atomic mass is 10.2. The molecule has 4 rings (SSSR count). The third-order valence-electron chi connectivity index (χ3n) is 5.04. The van der Waals surface area contributed by atoms with E-state index < -0.39 is 26.6 Å². The summed E-state index contributed by atoms with van der Waals surface area (Å²) >= 11 is 0. The van der Waals surface area contributed by atoms with Gasteiger partial charge in [-0.2, -0.15) is 4.31 Å². The van der Waals surface area contributed by atoms with Gasteiger partial charge in [0.15, 0.2) is 0 Å². The maximum Gasteiger partial charge on any atom is 0.270 e. The molecule has 2 heterocycles. The minimum atomic E-state index is -4.18. The van der Waals surface area contributed by atoms with Crippen molar-refractivity contribution in [2.24, 2.45) is 0 Å². The Labute approximate surface area is 166 Å². The molecule has 3 aromatic rings. The van der Waals surface area contributed by atoms with Crippen molar-refractivity contribution in [3.63, 3.8) is 0 Å². The minimum Gasteiger partial charge on any atom is -0.351 e. The normalized spacial score (nSPS) is 15.8. The lowest BCUT2D eigenvalue weighted by molar-refractivity contribution is 0.0693. The molecule has 0 unspecified atom stereocenters. The molecule has 9 heteroatoms. The van der Waals surface area contributed by atoms with Crippen LogP contribution >= 0.6 is 0 Å². The number of aromatic amines is 1. The summed E-state index contributed by atoms with van der Waals surface area (Å²) < 4.78 is 53.7. The number of amides is 1. The Morgan fingerprint density at radius 3 is 2.45 bits per heavy atom. The molecule has 0 atom stereocenters. The Kier molecular flexibility index (Phi) is 4.87. The number of sulfonamides is 1. The number of hydrogen-bond acceptors (Lipinski definition) is 3. The first-order valence-electron chi connectivity index (χ1n) is 9.09. The number of nitrogens with one attached hydrogen (secondary N) is 1. The summed E-state index contributed by atoms with van der Waals surface area (Å²) in [6.45, 7) is 2.29. The van der Waals surface area contributed by atoms with Gasteiger partial charge in [0, 0.05) is 37.1 Å². The van der Waals surface area contributed by atoms with Gasteiger partial charge in [0.25, 0.3) is 5.91 Å². The van der Waals surface area contributed by atoms with E-state index in [0.29, 0.717) is 11.8 Å². The van der Waals surface area contributed by atoms with Gasteiger partial charge in [0.2, 0.25) is 10.0 Å². The molecule has 1 aliphatic rings. The highest BCUT2D eigenvalue weighted by Crippen LogP contribution is 2.23.